The molecule has 0 bridgehead atoms. The summed E-state index contributed by atoms with van der Waals surface area (Å²) in [4.78, 5) is 0. The van der Waals surface area contributed by atoms with Gasteiger partial charge in [0.05, 0.1) is 34.1 Å². The molecule has 0 amide bonds. The van der Waals surface area contributed by atoms with Crippen molar-refractivity contribution >= 4 is 79.1 Å². The maximum atomic E-state index is 4.73. The number of hydrogen-bond donors (Lipinski definition) is 1. The lowest BCUT2D eigenvalue weighted by molar-refractivity contribution is 0.324. The first-order valence-corrected chi connectivity index (χ1v) is 21.4. The Labute approximate surface area is 360 Å². The molecule has 0 aliphatic heterocycles. The summed E-state index contributed by atoms with van der Waals surface area (Å²) in [5.41, 5.74) is 10.5. The molecule has 1 fully saturated rings. The van der Waals surface area contributed by atoms with Crippen LogP contribution in [-0.2, 0) is 0 Å². The van der Waals surface area contributed by atoms with E-state index in [1.165, 1.54) is 36.8 Å². The lowest BCUT2D eigenvalue weighted by Gasteiger charge is -2.26. The largest absolute Gasteiger partial charge is 0.382 e. The lowest BCUT2D eigenvalue weighted by atomic mass is 9.79. The van der Waals surface area contributed by atoms with E-state index in [4.69, 9.17) is 20.5 Å². The zero-order valence-corrected chi connectivity index (χ0v) is 35.9. The molecule has 61 heavy (non-hydrogen) atoms. The van der Waals surface area contributed by atoms with Gasteiger partial charge in [0.1, 0.15) is 0 Å². The molecular formula is C54H55N7. The van der Waals surface area contributed by atoms with Crippen molar-refractivity contribution in [1.82, 2.24) is 0 Å². The number of rotatable bonds is 15. The quantitative estimate of drug-likeness (QED) is 0.0814. The van der Waals surface area contributed by atoms with E-state index in [1.54, 1.807) is 12.2 Å². The minimum atomic E-state index is 0.313. The Morgan fingerprint density at radius 3 is 1.61 bits per heavy atom. The summed E-state index contributed by atoms with van der Waals surface area (Å²) < 4.78 is 0. The van der Waals surface area contributed by atoms with Gasteiger partial charge in [0, 0.05) is 44.4 Å². The van der Waals surface area contributed by atoms with Gasteiger partial charge in [0.25, 0.3) is 0 Å². The number of allylic oxidation sites excluding steroid dienone is 5. The second-order valence-corrected chi connectivity index (χ2v) is 16.0. The Balaban J connectivity index is 1.09. The fourth-order valence-electron chi connectivity index (χ4n) is 7.98. The SMILES string of the molecule is C=Cc1c(N=Nc2ccc(C(/C=C\C(=C)C3CCC(C)CC3)=C/CC)cc2)ccc(N=Nc2ccc(N=Nc3ccc(NC(C)C)c4ccccc34)c3ccccc23)c1C=C. The number of azo groups is 3. The minimum Gasteiger partial charge on any atom is -0.382 e. The average Bonchev–Trinajstić information content (AvgIpc) is 3.28. The summed E-state index contributed by atoms with van der Waals surface area (Å²) in [6.07, 6.45) is 16.2. The fraction of sp³-hybridized carbons (Fsp3) is 0.222. The summed E-state index contributed by atoms with van der Waals surface area (Å²) in [6.45, 7) is 21.4. The van der Waals surface area contributed by atoms with Crippen LogP contribution in [-0.4, -0.2) is 6.04 Å². The van der Waals surface area contributed by atoms with E-state index in [0.29, 0.717) is 29.0 Å². The summed E-state index contributed by atoms with van der Waals surface area (Å²) in [7, 11) is 0. The van der Waals surface area contributed by atoms with Crippen LogP contribution in [0.1, 0.15) is 76.5 Å². The predicted molar refractivity (Wildman–Crippen MR) is 260 cm³/mol. The Kier molecular flexibility index (Phi) is 13.8. The van der Waals surface area contributed by atoms with Crippen molar-refractivity contribution in [2.75, 3.05) is 5.32 Å². The number of benzene rings is 6. The van der Waals surface area contributed by atoms with Crippen LogP contribution < -0.4 is 5.32 Å². The van der Waals surface area contributed by atoms with Gasteiger partial charge in [-0.2, -0.15) is 5.11 Å². The Morgan fingerprint density at radius 1 is 0.607 bits per heavy atom. The molecule has 0 heterocycles. The molecule has 1 aliphatic rings. The third kappa shape index (κ3) is 10.1. The molecular weight excluding hydrogens is 747 g/mol. The second kappa shape index (κ2) is 19.9. The van der Waals surface area contributed by atoms with Gasteiger partial charge in [0.15, 0.2) is 0 Å². The zero-order chi connectivity index (χ0) is 42.7. The maximum Gasteiger partial charge on any atom is 0.0936 e. The summed E-state index contributed by atoms with van der Waals surface area (Å²) >= 11 is 0. The van der Waals surface area contributed by atoms with E-state index in [1.807, 2.05) is 78.9 Å². The molecule has 0 unspecified atom stereocenters. The van der Waals surface area contributed by atoms with Crippen LogP contribution in [0, 0.1) is 11.8 Å². The first-order valence-electron chi connectivity index (χ1n) is 21.4. The molecule has 0 saturated heterocycles. The molecule has 1 aliphatic carbocycles. The van der Waals surface area contributed by atoms with Crippen molar-refractivity contribution in [3.05, 3.63) is 169 Å². The third-order valence-electron chi connectivity index (χ3n) is 11.3. The Hall–Kier alpha value is -6.86. The molecule has 7 nitrogen and oxygen atoms in total. The van der Waals surface area contributed by atoms with Gasteiger partial charge in [0.2, 0.25) is 0 Å². The molecule has 1 N–H and O–H groups in total. The van der Waals surface area contributed by atoms with Crippen molar-refractivity contribution in [2.45, 2.75) is 65.8 Å². The van der Waals surface area contributed by atoms with Crippen LogP contribution in [0.5, 0.6) is 0 Å². The number of nitrogens with one attached hydrogen (secondary N) is 1. The van der Waals surface area contributed by atoms with Crippen molar-refractivity contribution in [1.29, 1.82) is 0 Å². The van der Waals surface area contributed by atoms with Crippen LogP contribution in [0.15, 0.2) is 183 Å². The lowest BCUT2D eigenvalue weighted by Crippen LogP contribution is -2.13. The number of fused-ring (bicyclic) bond motifs is 2. The highest BCUT2D eigenvalue weighted by Gasteiger charge is 2.19. The third-order valence-corrected chi connectivity index (χ3v) is 11.3. The van der Waals surface area contributed by atoms with Crippen LogP contribution in [0.3, 0.4) is 0 Å². The van der Waals surface area contributed by atoms with Crippen LogP contribution in [0.4, 0.5) is 39.8 Å². The van der Waals surface area contributed by atoms with Gasteiger partial charge >= 0.3 is 0 Å². The van der Waals surface area contributed by atoms with Crippen molar-refractivity contribution in [3.63, 3.8) is 0 Å². The van der Waals surface area contributed by atoms with E-state index in [2.05, 4.69) is 112 Å². The Bertz CT molecular complexity index is 2710. The summed E-state index contributed by atoms with van der Waals surface area (Å²) in [5, 5.41) is 35.6. The molecule has 6 aromatic rings. The minimum absolute atomic E-state index is 0.313. The second-order valence-electron chi connectivity index (χ2n) is 16.0. The maximum absolute atomic E-state index is 4.73. The molecule has 7 heteroatoms. The van der Waals surface area contributed by atoms with E-state index in [9.17, 15) is 0 Å². The topological polar surface area (TPSA) is 86.2 Å². The Morgan fingerprint density at radius 2 is 1.08 bits per heavy atom. The molecule has 6 aromatic carbocycles. The predicted octanol–water partition coefficient (Wildman–Crippen LogP) is 18.1. The molecule has 0 atom stereocenters. The summed E-state index contributed by atoms with van der Waals surface area (Å²) in [6, 6.07) is 36.5. The van der Waals surface area contributed by atoms with Gasteiger partial charge in [-0.3, -0.25) is 0 Å². The number of nitrogens with zero attached hydrogens (tertiary/aromatic N) is 6. The first-order chi connectivity index (χ1) is 29.8. The number of anilines is 1. The number of hydrogen-bond acceptors (Lipinski definition) is 7. The molecule has 0 radical (unpaired) electrons. The van der Waals surface area contributed by atoms with Crippen molar-refractivity contribution in [2.24, 2.45) is 42.5 Å². The van der Waals surface area contributed by atoms with Crippen LogP contribution in [0.25, 0.3) is 39.3 Å². The van der Waals surface area contributed by atoms with Crippen LogP contribution in [0.2, 0.25) is 0 Å². The molecule has 306 valence electrons. The van der Waals surface area contributed by atoms with E-state index in [0.717, 1.165) is 73.3 Å². The first kappa shape index (κ1) is 42.3. The standard InChI is InChI=1S/C54H55N7/c1-8-15-40(25-22-38(7)39-23-20-37(6)21-24-39)41-26-28-42(29-27-41)56-57-50-32-33-51(44(10-3)43(50)9-2)58-59-53-34-35-54(48-19-14-13-18-47(48)53)61-60-52-31-30-49(55-36(4)5)45-16-11-12-17-46(45)52/h9-19,22,25-37,39,55H,2-3,7-8,20-21,23-24H2,1,4-6H3/b25-22-,40-15+,57-56?,59-58?,61-60?. The van der Waals surface area contributed by atoms with Gasteiger partial charge < -0.3 is 5.32 Å². The molecule has 1 saturated carbocycles. The average molecular weight is 802 g/mol. The van der Waals surface area contributed by atoms with Crippen molar-refractivity contribution in [3.8, 4) is 0 Å². The highest BCUT2D eigenvalue weighted by atomic mass is 15.1. The van der Waals surface area contributed by atoms with Gasteiger partial charge in [-0.15, -0.1) is 25.6 Å². The van der Waals surface area contributed by atoms with Crippen LogP contribution >= 0.6 is 0 Å². The molecule has 0 spiro atoms. The van der Waals surface area contributed by atoms with Gasteiger partial charge in [-0.1, -0.05) is 143 Å². The summed E-state index contributed by atoms with van der Waals surface area (Å²) in [5.74, 6) is 1.41. The smallest absolute Gasteiger partial charge is 0.0936 e. The normalized spacial score (nSPS) is 16.2. The highest BCUT2D eigenvalue weighted by molar-refractivity contribution is 6.02. The van der Waals surface area contributed by atoms with Gasteiger partial charge in [-0.05, 0) is 105 Å². The van der Waals surface area contributed by atoms with E-state index in [-0.39, 0.29) is 0 Å². The van der Waals surface area contributed by atoms with E-state index < -0.39 is 0 Å². The van der Waals surface area contributed by atoms with E-state index >= 15 is 0 Å². The van der Waals surface area contributed by atoms with Crippen molar-refractivity contribution < 1.29 is 0 Å². The monoisotopic (exact) mass is 801 g/mol. The molecule has 7 rings (SSSR count). The molecule has 0 aromatic heterocycles. The highest BCUT2D eigenvalue weighted by Crippen LogP contribution is 2.40. The van der Waals surface area contributed by atoms with Gasteiger partial charge in [-0.25, -0.2) is 0 Å². The zero-order valence-electron chi connectivity index (χ0n) is 35.9. The fourth-order valence-corrected chi connectivity index (χ4v) is 7.98.